The molecule has 172 valence electrons. The standard InChI is InChI=1S/C22H33N3O6/c1-30-16-9-7-14(8-10-16)12-23-19(26)11-17-20(27)21(28)18(31-17)13-24-22(29)25-15-5-3-2-4-6-15/h7-10,15,17-18,20-21,27-28H,2-6,11-13H2,1H3,(H,23,26)(H2,24,25,29). The Morgan fingerprint density at radius 1 is 1.03 bits per heavy atom. The van der Waals surface area contributed by atoms with Gasteiger partial charge in [-0.25, -0.2) is 4.79 Å². The second-order valence-corrected chi connectivity index (χ2v) is 8.21. The van der Waals surface area contributed by atoms with E-state index in [4.69, 9.17) is 9.47 Å². The van der Waals surface area contributed by atoms with Gasteiger partial charge in [-0.2, -0.15) is 0 Å². The van der Waals surface area contributed by atoms with Crippen LogP contribution in [0.3, 0.4) is 0 Å². The zero-order chi connectivity index (χ0) is 22.2. The summed E-state index contributed by atoms with van der Waals surface area (Å²) < 4.78 is 10.8. The number of benzene rings is 1. The van der Waals surface area contributed by atoms with Gasteiger partial charge in [0.25, 0.3) is 0 Å². The largest absolute Gasteiger partial charge is 0.497 e. The maximum absolute atomic E-state index is 12.3. The van der Waals surface area contributed by atoms with Gasteiger partial charge in [0.1, 0.15) is 24.1 Å². The zero-order valence-corrected chi connectivity index (χ0v) is 17.9. The molecule has 31 heavy (non-hydrogen) atoms. The van der Waals surface area contributed by atoms with E-state index in [1.165, 1.54) is 6.42 Å². The fourth-order valence-electron chi connectivity index (χ4n) is 4.04. The van der Waals surface area contributed by atoms with Crippen LogP contribution in [-0.4, -0.2) is 66.3 Å². The number of hydrogen-bond acceptors (Lipinski definition) is 6. The van der Waals surface area contributed by atoms with Gasteiger partial charge in [-0.3, -0.25) is 4.79 Å². The van der Waals surface area contributed by atoms with Crippen LogP contribution < -0.4 is 20.7 Å². The summed E-state index contributed by atoms with van der Waals surface area (Å²) in [5.41, 5.74) is 0.910. The van der Waals surface area contributed by atoms with Gasteiger partial charge in [0.15, 0.2) is 0 Å². The highest BCUT2D eigenvalue weighted by molar-refractivity contribution is 5.76. The predicted octanol–water partition coefficient (Wildman–Crippen LogP) is 0.823. The molecule has 2 fully saturated rings. The van der Waals surface area contributed by atoms with Crippen molar-refractivity contribution in [1.82, 2.24) is 16.0 Å². The van der Waals surface area contributed by atoms with Crippen LogP contribution in [0, 0.1) is 0 Å². The van der Waals surface area contributed by atoms with Crippen LogP contribution in [0.1, 0.15) is 44.1 Å². The number of hydrogen-bond donors (Lipinski definition) is 5. The number of nitrogens with one attached hydrogen (secondary N) is 3. The van der Waals surface area contributed by atoms with Crippen LogP contribution in [0.4, 0.5) is 4.79 Å². The van der Waals surface area contributed by atoms with Crippen molar-refractivity contribution in [2.75, 3.05) is 13.7 Å². The minimum atomic E-state index is -1.19. The third-order valence-corrected chi connectivity index (χ3v) is 5.90. The van der Waals surface area contributed by atoms with Crippen LogP contribution in [0.25, 0.3) is 0 Å². The van der Waals surface area contributed by atoms with Gasteiger partial charge in [0.05, 0.1) is 19.6 Å². The molecule has 9 nitrogen and oxygen atoms in total. The fourth-order valence-corrected chi connectivity index (χ4v) is 4.04. The van der Waals surface area contributed by atoms with E-state index < -0.39 is 24.4 Å². The quantitative estimate of drug-likeness (QED) is 0.411. The molecule has 5 N–H and O–H groups in total. The highest BCUT2D eigenvalue weighted by Gasteiger charge is 2.43. The molecule has 1 saturated carbocycles. The molecule has 1 aliphatic heterocycles. The van der Waals surface area contributed by atoms with Crippen LogP contribution in [0.5, 0.6) is 5.75 Å². The van der Waals surface area contributed by atoms with E-state index in [0.29, 0.717) is 6.54 Å². The number of aliphatic hydroxyl groups is 2. The molecule has 4 unspecified atom stereocenters. The lowest BCUT2D eigenvalue weighted by atomic mass is 9.96. The van der Waals surface area contributed by atoms with E-state index in [1.54, 1.807) is 7.11 Å². The fraction of sp³-hybridized carbons (Fsp3) is 0.636. The minimum Gasteiger partial charge on any atom is -0.497 e. The Kier molecular flexibility index (Phi) is 8.51. The molecule has 1 aromatic carbocycles. The Morgan fingerprint density at radius 2 is 1.71 bits per heavy atom. The first-order chi connectivity index (χ1) is 15.0. The van der Waals surface area contributed by atoms with Crippen molar-refractivity contribution in [1.29, 1.82) is 0 Å². The molecule has 0 bridgehead atoms. The van der Waals surface area contributed by atoms with E-state index in [0.717, 1.165) is 37.0 Å². The Balaban J connectivity index is 1.39. The number of rotatable bonds is 8. The summed E-state index contributed by atoms with van der Waals surface area (Å²) in [6, 6.07) is 7.19. The zero-order valence-electron chi connectivity index (χ0n) is 17.9. The summed E-state index contributed by atoms with van der Waals surface area (Å²) in [7, 11) is 1.59. The van der Waals surface area contributed by atoms with Gasteiger partial charge in [-0.1, -0.05) is 31.4 Å². The number of amides is 3. The van der Waals surface area contributed by atoms with E-state index in [2.05, 4.69) is 16.0 Å². The molecular formula is C22H33N3O6. The molecule has 1 aliphatic carbocycles. The SMILES string of the molecule is COc1ccc(CNC(=O)CC2OC(CNC(=O)NC3CCCCC3)C(O)C2O)cc1. The first-order valence-corrected chi connectivity index (χ1v) is 10.9. The molecule has 4 atom stereocenters. The number of methoxy groups -OCH3 is 1. The summed E-state index contributed by atoms with van der Waals surface area (Å²) in [4.78, 5) is 24.3. The van der Waals surface area contributed by atoms with Crippen molar-refractivity contribution >= 4 is 11.9 Å². The number of aliphatic hydroxyl groups excluding tert-OH is 2. The van der Waals surface area contributed by atoms with E-state index in [1.807, 2.05) is 24.3 Å². The lowest BCUT2D eigenvalue weighted by Gasteiger charge is -2.23. The minimum absolute atomic E-state index is 0.0563. The van der Waals surface area contributed by atoms with Crippen LogP contribution in [0.2, 0.25) is 0 Å². The maximum atomic E-state index is 12.3. The second-order valence-electron chi connectivity index (χ2n) is 8.21. The molecule has 0 spiro atoms. The van der Waals surface area contributed by atoms with Crippen molar-refractivity contribution in [3.63, 3.8) is 0 Å². The van der Waals surface area contributed by atoms with Crippen LogP contribution in [-0.2, 0) is 16.1 Å². The topological polar surface area (TPSA) is 129 Å². The molecular weight excluding hydrogens is 402 g/mol. The van der Waals surface area contributed by atoms with Crippen molar-refractivity contribution in [2.24, 2.45) is 0 Å². The van der Waals surface area contributed by atoms with Gasteiger partial charge in [0, 0.05) is 19.1 Å². The van der Waals surface area contributed by atoms with Gasteiger partial charge in [-0.15, -0.1) is 0 Å². The molecule has 0 radical (unpaired) electrons. The number of urea groups is 1. The third kappa shape index (κ3) is 6.81. The number of ether oxygens (including phenoxy) is 2. The molecule has 9 heteroatoms. The summed E-state index contributed by atoms with van der Waals surface area (Å²) >= 11 is 0. The Labute approximate surface area is 182 Å². The average molecular weight is 436 g/mol. The normalized spacial score (nSPS) is 26.3. The molecule has 3 amide bonds. The molecule has 0 aromatic heterocycles. The molecule has 3 rings (SSSR count). The lowest BCUT2D eigenvalue weighted by molar-refractivity contribution is -0.125. The highest BCUT2D eigenvalue weighted by Crippen LogP contribution is 2.23. The summed E-state index contributed by atoms with van der Waals surface area (Å²) in [6.07, 6.45) is 1.33. The van der Waals surface area contributed by atoms with Gasteiger partial charge in [-0.05, 0) is 30.5 Å². The molecule has 1 heterocycles. The summed E-state index contributed by atoms with van der Waals surface area (Å²) in [5.74, 6) is 0.439. The van der Waals surface area contributed by atoms with Crippen LogP contribution >= 0.6 is 0 Å². The summed E-state index contributed by atoms with van der Waals surface area (Å²) in [6.45, 7) is 0.390. The third-order valence-electron chi connectivity index (χ3n) is 5.90. The average Bonchev–Trinajstić information content (AvgIpc) is 3.05. The Bertz CT molecular complexity index is 722. The molecule has 1 saturated heterocycles. The van der Waals surface area contributed by atoms with Crippen molar-refractivity contribution in [2.45, 2.75) is 75.5 Å². The van der Waals surface area contributed by atoms with Crippen molar-refractivity contribution in [3.8, 4) is 5.75 Å². The van der Waals surface area contributed by atoms with E-state index in [9.17, 15) is 19.8 Å². The first-order valence-electron chi connectivity index (χ1n) is 10.9. The van der Waals surface area contributed by atoms with Crippen molar-refractivity contribution < 1.29 is 29.3 Å². The van der Waals surface area contributed by atoms with Gasteiger partial charge >= 0.3 is 6.03 Å². The molecule has 1 aromatic rings. The second kappa shape index (κ2) is 11.3. The predicted molar refractivity (Wildman–Crippen MR) is 114 cm³/mol. The Hall–Kier alpha value is -2.36. The first kappa shape index (κ1) is 23.3. The van der Waals surface area contributed by atoms with Crippen molar-refractivity contribution in [3.05, 3.63) is 29.8 Å². The monoisotopic (exact) mass is 435 g/mol. The lowest BCUT2D eigenvalue weighted by Crippen LogP contribution is -2.47. The number of carbonyl (C=O) groups excluding carboxylic acids is 2. The van der Waals surface area contributed by atoms with E-state index in [-0.39, 0.29) is 30.9 Å². The Morgan fingerprint density at radius 3 is 2.39 bits per heavy atom. The van der Waals surface area contributed by atoms with Gasteiger partial charge < -0.3 is 35.6 Å². The number of carbonyl (C=O) groups is 2. The summed E-state index contributed by atoms with van der Waals surface area (Å²) in [5, 5.41) is 28.9. The smallest absolute Gasteiger partial charge is 0.315 e. The highest BCUT2D eigenvalue weighted by atomic mass is 16.5. The molecule has 2 aliphatic rings. The van der Waals surface area contributed by atoms with Gasteiger partial charge in [0.2, 0.25) is 5.91 Å². The van der Waals surface area contributed by atoms with E-state index >= 15 is 0 Å². The maximum Gasteiger partial charge on any atom is 0.315 e. The van der Waals surface area contributed by atoms with Crippen LogP contribution in [0.15, 0.2) is 24.3 Å².